The monoisotopic (exact) mass is 762 g/mol. The van der Waals surface area contributed by atoms with E-state index >= 15 is 0 Å². The van der Waals surface area contributed by atoms with Crippen LogP contribution in [-0.4, -0.2) is 86.4 Å². The minimum absolute atomic E-state index is 0.124. The molecule has 6 rings (SSSR count). The summed E-state index contributed by atoms with van der Waals surface area (Å²) in [6.45, 7) is 0.543. The SMILES string of the molecule is CSCCCCOP(=O)(NCCc1c[nH]c2ccccc12)OC[C@H]1O[C@@H]([n+]2cn(CCOc3ccc(Cl)cc3)c3c(=O)[nH]c(N)nc32)C(O)[C@H]1O. The molecule has 3 aromatic heterocycles. The van der Waals surface area contributed by atoms with Crippen LogP contribution < -0.4 is 25.7 Å². The molecule has 0 radical (unpaired) electrons. The quantitative estimate of drug-likeness (QED) is 0.0431. The molecule has 2 unspecified atom stereocenters. The van der Waals surface area contributed by atoms with Gasteiger partial charge in [-0.1, -0.05) is 34.8 Å². The maximum Gasteiger partial charge on any atom is 0.405 e. The minimum Gasteiger partial charge on any atom is -0.490 e. The lowest BCUT2D eigenvalue weighted by molar-refractivity contribution is -0.746. The van der Waals surface area contributed by atoms with Crippen LogP contribution in [0.1, 0.15) is 24.6 Å². The number of nitrogens with one attached hydrogen (secondary N) is 3. The number of aromatic amines is 2. The van der Waals surface area contributed by atoms with E-state index in [1.165, 1.54) is 10.9 Å². The molecule has 15 nitrogen and oxygen atoms in total. The van der Waals surface area contributed by atoms with E-state index in [1.807, 2.05) is 36.7 Å². The third-order valence-electron chi connectivity index (χ3n) is 8.50. The highest BCUT2D eigenvalue weighted by molar-refractivity contribution is 7.98. The highest BCUT2D eigenvalue weighted by Gasteiger charge is 2.48. The van der Waals surface area contributed by atoms with Crippen LogP contribution in [0.15, 0.2) is 65.8 Å². The van der Waals surface area contributed by atoms with Gasteiger partial charge in [0.1, 0.15) is 37.2 Å². The number of para-hydroxylation sites is 1. The molecule has 2 aromatic carbocycles. The molecule has 0 bridgehead atoms. The van der Waals surface area contributed by atoms with Gasteiger partial charge < -0.3 is 30.4 Å². The Morgan fingerprint density at radius 1 is 1.14 bits per heavy atom. The van der Waals surface area contributed by atoms with Gasteiger partial charge in [0.2, 0.25) is 11.7 Å². The number of imidazole rings is 1. The first-order valence-electron chi connectivity index (χ1n) is 16.5. The van der Waals surface area contributed by atoms with Crippen LogP contribution in [0, 0.1) is 0 Å². The Hall–Kier alpha value is -3.44. The number of benzene rings is 2. The Balaban J connectivity index is 1.14. The van der Waals surface area contributed by atoms with E-state index in [0.717, 1.165) is 28.6 Å². The largest absolute Gasteiger partial charge is 0.490 e. The summed E-state index contributed by atoms with van der Waals surface area (Å²) in [6.07, 6.45) is 2.41. The summed E-state index contributed by atoms with van der Waals surface area (Å²) < 4.78 is 40.5. The maximum atomic E-state index is 13.9. The van der Waals surface area contributed by atoms with Crippen molar-refractivity contribution in [2.75, 3.05) is 44.1 Å². The molecular formula is C33H42ClN7O8PS+. The predicted molar refractivity (Wildman–Crippen MR) is 195 cm³/mol. The number of rotatable bonds is 18. The van der Waals surface area contributed by atoms with Gasteiger partial charge in [0.05, 0.1) is 13.2 Å². The molecule has 1 saturated heterocycles. The standard InChI is InChI=1S/C33H41ClN7O8PS/c1-51-17-5-4-15-47-50(45,37-13-12-21-18-36-25-7-3-2-6-24(21)25)48-19-26-28(42)29(43)32(49-26)41-20-40(27-30(41)38-33(35)39-31(27)44)14-16-46-23-10-8-22(34)9-11-23/h2-3,6-11,18,20,26,28-29,32,36,42-43H,4-5,12-17,19H2,1H3,(H3-,35,37,38,39,44,45)/p+1/t26-,28+,29?,32-,50?/m1/s1. The number of nitrogen functional groups attached to an aromatic ring is 1. The molecule has 0 aliphatic carbocycles. The fourth-order valence-electron chi connectivity index (χ4n) is 5.92. The Morgan fingerprint density at radius 3 is 2.75 bits per heavy atom. The van der Waals surface area contributed by atoms with Crippen LogP contribution in [-0.2, 0) is 31.3 Å². The molecule has 0 amide bonds. The number of ether oxygens (including phenoxy) is 2. The van der Waals surface area contributed by atoms with Crippen molar-refractivity contribution < 1.29 is 37.9 Å². The third kappa shape index (κ3) is 8.96. The number of aliphatic hydroxyl groups excluding tert-OH is 2. The van der Waals surface area contributed by atoms with E-state index in [-0.39, 0.29) is 43.5 Å². The number of halogens is 1. The molecule has 5 aromatic rings. The number of aliphatic hydroxyl groups is 2. The maximum absolute atomic E-state index is 13.9. The lowest BCUT2D eigenvalue weighted by Gasteiger charge is -2.22. The fourth-order valence-corrected chi connectivity index (χ4v) is 7.89. The van der Waals surface area contributed by atoms with Crippen LogP contribution in [0.4, 0.5) is 5.95 Å². The van der Waals surface area contributed by atoms with Crippen molar-refractivity contribution >= 4 is 59.1 Å². The minimum atomic E-state index is -3.87. The molecule has 51 heavy (non-hydrogen) atoms. The summed E-state index contributed by atoms with van der Waals surface area (Å²) in [6, 6.07) is 14.8. The molecule has 1 fully saturated rings. The van der Waals surface area contributed by atoms with E-state index in [4.69, 9.17) is 35.9 Å². The highest BCUT2D eigenvalue weighted by atomic mass is 35.5. The Morgan fingerprint density at radius 2 is 1.94 bits per heavy atom. The number of nitrogens with two attached hydrogens (primary N) is 1. The molecule has 18 heteroatoms. The topological polar surface area (TPSA) is 203 Å². The van der Waals surface area contributed by atoms with Crippen LogP contribution in [0.2, 0.25) is 5.02 Å². The third-order valence-corrected chi connectivity index (χ3v) is 11.1. The van der Waals surface area contributed by atoms with Crippen molar-refractivity contribution in [1.29, 1.82) is 0 Å². The fraction of sp³-hybridized carbons (Fsp3) is 0.424. The van der Waals surface area contributed by atoms with Crippen LogP contribution in [0.25, 0.3) is 22.1 Å². The Kier molecular flexibility index (Phi) is 12.4. The Bertz CT molecular complexity index is 2030. The number of hydrogen-bond acceptors (Lipinski definition) is 11. The Labute approximate surface area is 303 Å². The molecule has 5 atom stereocenters. The summed E-state index contributed by atoms with van der Waals surface area (Å²) in [4.78, 5) is 23.1. The number of hydrogen-bond donors (Lipinski definition) is 6. The second kappa shape index (κ2) is 16.9. The van der Waals surface area contributed by atoms with E-state index in [0.29, 0.717) is 30.2 Å². The number of aromatic nitrogens is 5. The smallest absolute Gasteiger partial charge is 0.405 e. The van der Waals surface area contributed by atoms with Crippen molar-refractivity contribution in [2.24, 2.45) is 0 Å². The first-order chi connectivity index (χ1) is 24.7. The number of thioether (sulfide) groups is 1. The van der Waals surface area contributed by atoms with Crippen LogP contribution in [0.5, 0.6) is 5.75 Å². The first-order valence-corrected chi connectivity index (χ1v) is 19.8. The molecule has 1 aliphatic heterocycles. The van der Waals surface area contributed by atoms with Gasteiger partial charge in [-0.25, -0.2) is 14.2 Å². The molecule has 7 N–H and O–H groups in total. The zero-order chi connectivity index (χ0) is 36.0. The molecule has 4 heterocycles. The normalized spacial score (nSPS) is 20.3. The van der Waals surface area contributed by atoms with Crippen LogP contribution >= 0.6 is 31.1 Å². The summed E-state index contributed by atoms with van der Waals surface area (Å²) in [5, 5.41) is 26.8. The number of fused-ring (bicyclic) bond motifs is 2. The number of anilines is 1. The van der Waals surface area contributed by atoms with Gasteiger partial charge in [-0.2, -0.15) is 11.8 Å². The van der Waals surface area contributed by atoms with Crippen molar-refractivity contribution in [3.8, 4) is 5.75 Å². The van der Waals surface area contributed by atoms with E-state index < -0.39 is 37.8 Å². The van der Waals surface area contributed by atoms with Gasteiger partial charge in [0.25, 0.3) is 11.5 Å². The van der Waals surface area contributed by atoms with Crippen molar-refractivity contribution in [3.63, 3.8) is 0 Å². The zero-order valence-electron chi connectivity index (χ0n) is 27.9. The second-order valence-electron chi connectivity index (χ2n) is 12.0. The van der Waals surface area contributed by atoms with E-state index in [1.54, 1.807) is 40.6 Å². The van der Waals surface area contributed by atoms with Gasteiger partial charge in [0, 0.05) is 28.7 Å². The average molecular weight is 763 g/mol. The molecular weight excluding hydrogens is 721 g/mol. The average Bonchev–Trinajstić information content (AvgIpc) is 3.78. The summed E-state index contributed by atoms with van der Waals surface area (Å²) in [7, 11) is -3.87. The van der Waals surface area contributed by atoms with Crippen molar-refractivity contribution in [2.45, 2.75) is 50.3 Å². The second-order valence-corrected chi connectivity index (χ2v) is 15.3. The lowest BCUT2D eigenvalue weighted by atomic mass is 10.1. The van der Waals surface area contributed by atoms with Crippen LogP contribution in [0.3, 0.4) is 0 Å². The summed E-state index contributed by atoms with van der Waals surface area (Å²) in [5.74, 6) is 1.40. The van der Waals surface area contributed by atoms with Crippen molar-refractivity contribution in [1.82, 2.24) is 24.6 Å². The summed E-state index contributed by atoms with van der Waals surface area (Å²) >= 11 is 7.68. The van der Waals surface area contributed by atoms with Crippen molar-refractivity contribution in [3.05, 3.63) is 82.0 Å². The molecule has 0 saturated carbocycles. The van der Waals surface area contributed by atoms with Gasteiger partial charge >= 0.3 is 13.4 Å². The molecule has 1 aliphatic rings. The van der Waals surface area contributed by atoms with E-state index in [9.17, 15) is 19.6 Å². The van der Waals surface area contributed by atoms with E-state index in [2.05, 4.69) is 20.0 Å². The first kappa shape index (κ1) is 37.3. The van der Waals surface area contributed by atoms with Gasteiger partial charge in [-0.3, -0.25) is 23.4 Å². The summed E-state index contributed by atoms with van der Waals surface area (Å²) in [5.41, 5.74) is 7.72. The lowest BCUT2D eigenvalue weighted by Crippen LogP contribution is -2.46. The molecule has 0 spiro atoms. The highest BCUT2D eigenvalue weighted by Crippen LogP contribution is 2.45. The van der Waals surface area contributed by atoms with Gasteiger partial charge in [-0.05, 0) is 67.2 Å². The van der Waals surface area contributed by atoms with Gasteiger partial charge in [-0.15, -0.1) is 0 Å². The molecule has 274 valence electrons. The van der Waals surface area contributed by atoms with Gasteiger partial charge in [0.15, 0.2) is 6.33 Å². The zero-order valence-corrected chi connectivity index (χ0v) is 30.4. The predicted octanol–water partition coefficient (Wildman–Crippen LogP) is 3.54. The number of H-pyrrole nitrogens is 2. The number of nitrogens with zero attached hydrogens (tertiary/aromatic N) is 3. The number of unbranched alkanes of at least 4 members (excludes halogenated alkanes) is 1.